The van der Waals surface area contributed by atoms with Gasteiger partial charge in [-0.3, -0.25) is 14.9 Å². The third kappa shape index (κ3) is 4.21. The van der Waals surface area contributed by atoms with Crippen molar-refractivity contribution >= 4 is 29.6 Å². The van der Waals surface area contributed by atoms with Crippen LogP contribution in [0.1, 0.15) is 29.2 Å². The molecule has 0 unspecified atom stereocenters. The summed E-state index contributed by atoms with van der Waals surface area (Å²) in [6.45, 7) is 2.01. The largest absolute Gasteiger partial charge is 0.335 e. The average Bonchev–Trinajstić information content (AvgIpc) is 2.79. The molecule has 5 nitrogen and oxygen atoms in total. The predicted octanol–water partition coefficient (Wildman–Crippen LogP) is 4.65. The Hall–Kier alpha value is -4.06. The van der Waals surface area contributed by atoms with E-state index >= 15 is 0 Å². The van der Waals surface area contributed by atoms with E-state index in [1.165, 1.54) is 12.1 Å². The first-order valence-electron chi connectivity index (χ1n) is 10.3. The molecular formula is C26H21FN2O3. The molecular weight excluding hydrogens is 407 g/mol. The molecule has 1 aliphatic rings. The lowest BCUT2D eigenvalue weighted by Gasteiger charge is -2.26. The molecule has 4 amide bonds. The van der Waals surface area contributed by atoms with Crippen molar-refractivity contribution in [2.45, 2.75) is 19.8 Å². The van der Waals surface area contributed by atoms with E-state index in [4.69, 9.17) is 0 Å². The molecule has 1 heterocycles. The van der Waals surface area contributed by atoms with Gasteiger partial charge in [0.1, 0.15) is 11.4 Å². The number of carbonyl (C=O) groups excluding carboxylic acids is 3. The molecule has 0 aliphatic carbocycles. The van der Waals surface area contributed by atoms with Gasteiger partial charge < -0.3 is 0 Å². The molecule has 0 radical (unpaired) electrons. The van der Waals surface area contributed by atoms with Gasteiger partial charge in [-0.15, -0.1) is 0 Å². The molecule has 1 N–H and O–H groups in total. The number of hydrogen-bond donors (Lipinski definition) is 1. The summed E-state index contributed by atoms with van der Waals surface area (Å²) < 4.78 is 14.1. The van der Waals surface area contributed by atoms with E-state index in [0.717, 1.165) is 22.4 Å². The Bertz CT molecular complexity index is 1230. The van der Waals surface area contributed by atoms with Crippen molar-refractivity contribution in [3.8, 4) is 0 Å². The van der Waals surface area contributed by atoms with E-state index in [2.05, 4.69) is 5.32 Å². The van der Waals surface area contributed by atoms with Crippen LogP contribution in [0, 0.1) is 5.82 Å². The van der Waals surface area contributed by atoms with E-state index in [9.17, 15) is 18.8 Å². The normalized spacial score (nSPS) is 15.2. The number of nitrogens with zero attached hydrogens (tertiary/aromatic N) is 1. The Morgan fingerprint density at radius 1 is 0.875 bits per heavy atom. The molecule has 0 aromatic heterocycles. The lowest BCUT2D eigenvalue weighted by molar-refractivity contribution is -0.122. The zero-order chi connectivity index (χ0) is 22.7. The van der Waals surface area contributed by atoms with Crippen LogP contribution in [-0.2, 0) is 22.4 Å². The Morgan fingerprint density at radius 2 is 1.53 bits per heavy atom. The highest BCUT2D eigenvalue weighted by Gasteiger charge is 2.36. The maximum Gasteiger partial charge on any atom is 0.335 e. The van der Waals surface area contributed by atoms with Gasteiger partial charge in [0.15, 0.2) is 0 Å². The third-order valence-electron chi connectivity index (χ3n) is 5.40. The van der Waals surface area contributed by atoms with Gasteiger partial charge in [-0.2, -0.15) is 0 Å². The van der Waals surface area contributed by atoms with Crippen molar-refractivity contribution in [2.75, 3.05) is 4.90 Å². The number of aryl methyl sites for hydroxylation is 1. The molecule has 0 bridgehead atoms. The van der Waals surface area contributed by atoms with Crippen molar-refractivity contribution in [3.05, 3.63) is 106 Å². The summed E-state index contributed by atoms with van der Waals surface area (Å²) >= 11 is 0. The number of nitrogens with one attached hydrogen (secondary N) is 1. The maximum absolute atomic E-state index is 14.1. The van der Waals surface area contributed by atoms with Crippen LogP contribution in [0.25, 0.3) is 6.08 Å². The molecule has 0 spiro atoms. The smallest absolute Gasteiger partial charge is 0.273 e. The van der Waals surface area contributed by atoms with Crippen LogP contribution in [0.4, 0.5) is 14.9 Å². The third-order valence-corrected chi connectivity index (χ3v) is 5.40. The number of rotatable bonds is 5. The summed E-state index contributed by atoms with van der Waals surface area (Å²) in [7, 11) is 0. The molecule has 0 atom stereocenters. The second kappa shape index (κ2) is 8.98. The van der Waals surface area contributed by atoms with Crippen molar-refractivity contribution in [1.82, 2.24) is 5.32 Å². The van der Waals surface area contributed by atoms with Crippen LogP contribution in [0.15, 0.2) is 78.4 Å². The fourth-order valence-electron chi connectivity index (χ4n) is 3.61. The summed E-state index contributed by atoms with van der Waals surface area (Å²) in [5.74, 6) is -1.79. The van der Waals surface area contributed by atoms with Crippen LogP contribution < -0.4 is 10.2 Å². The molecule has 1 fully saturated rings. The van der Waals surface area contributed by atoms with E-state index in [-0.39, 0.29) is 11.4 Å². The quantitative estimate of drug-likeness (QED) is 0.475. The molecule has 0 saturated carbocycles. The molecule has 32 heavy (non-hydrogen) atoms. The summed E-state index contributed by atoms with van der Waals surface area (Å²) in [5.41, 5.74) is 3.14. The summed E-state index contributed by atoms with van der Waals surface area (Å²) in [4.78, 5) is 39.0. The molecule has 1 aliphatic heterocycles. The van der Waals surface area contributed by atoms with Gasteiger partial charge in [0.05, 0.1) is 5.69 Å². The number of barbiturate groups is 1. The number of imide groups is 2. The van der Waals surface area contributed by atoms with Gasteiger partial charge in [-0.1, -0.05) is 61.5 Å². The van der Waals surface area contributed by atoms with E-state index < -0.39 is 17.8 Å². The zero-order valence-corrected chi connectivity index (χ0v) is 17.5. The highest BCUT2D eigenvalue weighted by atomic mass is 19.1. The first kappa shape index (κ1) is 21.2. The van der Waals surface area contributed by atoms with Crippen LogP contribution in [-0.4, -0.2) is 17.8 Å². The molecule has 160 valence electrons. The van der Waals surface area contributed by atoms with Gasteiger partial charge in [0.2, 0.25) is 0 Å². The second-order valence-corrected chi connectivity index (χ2v) is 7.44. The summed E-state index contributed by atoms with van der Waals surface area (Å²) in [6, 6.07) is 19.8. The predicted molar refractivity (Wildman–Crippen MR) is 120 cm³/mol. The number of hydrogen-bond acceptors (Lipinski definition) is 3. The van der Waals surface area contributed by atoms with Crippen LogP contribution >= 0.6 is 0 Å². The second-order valence-electron chi connectivity index (χ2n) is 7.44. The average molecular weight is 428 g/mol. The summed E-state index contributed by atoms with van der Waals surface area (Å²) in [6.07, 6.45) is 2.57. The lowest BCUT2D eigenvalue weighted by Crippen LogP contribution is -2.54. The van der Waals surface area contributed by atoms with Crippen molar-refractivity contribution in [2.24, 2.45) is 0 Å². The minimum absolute atomic E-state index is 0.162. The minimum atomic E-state index is -0.791. The van der Waals surface area contributed by atoms with Gasteiger partial charge in [0, 0.05) is 6.42 Å². The van der Waals surface area contributed by atoms with Gasteiger partial charge in [-0.05, 0) is 52.9 Å². The number of urea groups is 1. The topological polar surface area (TPSA) is 66.5 Å². The Morgan fingerprint density at radius 3 is 2.22 bits per heavy atom. The van der Waals surface area contributed by atoms with Crippen molar-refractivity contribution in [3.63, 3.8) is 0 Å². The SMILES string of the molecule is CCc1ccc(N2C(=O)NC(=O)/C(=C\c3ccccc3Cc3ccccc3F)C2=O)cc1. The van der Waals surface area contributed by atoms with Gasteiger partial charge in [-0.25, -0.2) is 14.1 Å². The number of amides is 4. The van der Waals surface area contributed by atoms with E-state index in [1.54, 1.807) is 42.5 Å². The fourth-order valence-corrected chi connectivity index (χ4v) is 3.61. The standard InChI is InChI=1S/C26H21FN2O3/c1-2-17-11-13-21(14-12-17)29-25(31)22(24(30)28-26(29)32)16-19-8-4-3-7-18(19)15-20-9-5-6-10-23(20)27/h3-14,16H,2,15H2,1H3,(H,28,30,32)/b22-16+. The Labute approximate surface area is 185 Å². The Kier molecular flexibility index (Phi) is 5.94. The van der Waals surface area contributed by atoms with Crippen molar-refractivity contribution in [1.29, 1.82) is 0 Å². The van der Waals surface area contributed by atoms with Crippen LogP contribution in [0.3, 0.4) is 0 Å². The lowest BCUT2D eigenvalue weighted by atomic mass is 9.97. The Balaban J connectivity index is 1.70. The number of benzene rings is 3. The molecule has 1 saturated heterocycles. The zero-order valence-electron chi connectivity index (χ0n) is 17.5. The van der Waals surface area contributed by atoms with Gasteiger partial charge >= 0.3 is 6.03 Å². The van der Waals surface area contributed by atoms with E-state index in [1.807, 2.05) is 31.2 Å². The molecule has 3 aromatic carbocycles. The first-order valence-corrected chi connectivity index (χ1v) is 10.3. The van der Waals surface area contributed by atoms with Crippen LogP contribution in [0.2, 0.25) is 0 Å². The number of carbonyl (C=O) groups is 3. The molecule has 3 aromatic rings. The first-order chi connectivity index (χ1) is 15.5. The van der Waals surface area contributed by atoms with Crippen LogP contribution in [0.5, 0.6) is 0 Å². The minimum Gasteiger partial charge on any atom is -0.273 e. The highest BCUT2D eigenvalue weighted by molar-refractivity contribution is 6.39. The van der Waals surface area contributed by atoms with Crippen molar-refractivity contribution < 1.29 is 18.8 Å². The summed E-state index contributed by atoms with van der Waals surface area (Å²) in [5, 5.41) is 2.23. The van der Waals surface area contributed by atoms with E-state index in [0.29, 0.717) is 23.2 Å². The van der Waals surface area contributed by atoms with Gasteiger partial charge in [0.25, 0.3) is 11.8 Å². The molecule has 4 rings (SSSR count). The maximum atomic E-state index is 14.1. The number of halogens is 1. The monoisotopic (exact) mass is 428 g/mol. The highest BCUT2D eigenvalue weighted by Crippen LogP contribution is 2.24. The number of anilines is 1. The fraction of sp³-hybridized carbons (Fsp3) is 0.115. The molecule has 6 heteroatoms.